The lowest BCUT2D eigenvalue weighted by molar-refractivity contribution is -0.127. The smallest absolute Gasteiger partial charge is 0.243 e. The number of carbonyl (C=O) groups excluding carboxylic acids is 1. The molecule has 1 saturated carbocycles. The van der Waals surface area contributed by atoms with E-state index in [0.29, 0.717) is 11.9 Å². The molecule has 1 amide bonds. The van der Waals surface area contributed by atoms with Crippen LogP contribution in [-0.4, -0.2) is 50.5 Å². The Labute approximate surface area is 179 Å². The van der Waals surface area contributed by atoms with Crippen molar-refractivity contribution in [1.82, 2.24) is 15.5 Å². The Morgan fingerprint density at radius 3 is 2.46 bits per heavy atom. The number of amides is 1. The highest BCUT2D eigenvalue weighted by molar-refractivity contribution is 14.0. The van der Waals surface area contributed by atoms with Crippen molar-refractivity contribution in [3.05, 3.63) is 34.9 Å². The molecule has 1 fully saturated rings. The van der Waals surface area contributed by atoms with E-state index in [2.05, 4.69) is 35.5 Å². The first kappa shape index (κ1) is 23.0. The molecule has 1 aliphatic carbocycles. The van der Waals surface area contributed by atoms with Crippen LogP contribution in [0.3, 0.4) is 0 Å². The molecule has 7 heteroatoms. The quantitative estimate of drug-likeness (QED) is 0.349. The topological polar surface area (TPSA) is 56.7 Å². The second kappa shape index (κ2) is 10.3. The second-order valence-electron chi connectivity index (χ2n) is 7.34. The normalized spacial score (nSPS) is 15.2. The number of nitrogens with one attached hydrogen (secondary N) is 2. The number of benzene rings is 1. The number of aliphatic imine (C=N–C) groups is 1. The summed E-state index contributed by atoms with van der Waals surface area (Å²) in [5.74, 6) is 1.16. The Kier molecular flexibility index (Phi) is 9.16. The molecule has 1 aromatic carbocycles. The van der Waals surface area contributed by atoms with Crippen molar-refractivity contribution in [1.29, 1.82) is 0 Å². The first-order chi connectivity index (χ1) is 11.8. The van der Waals surface area contributed by atoms with Gasteiger partial charge in [-0.2, -0.15) is 0 Å². The molecule has 0 radical (unpaired) electrons. The summed E-state index contributed by atoms with van der Waals surface area (Å²) in [5, 5.41) is 7.54. The highest BCUT2D eigenvalue weighted by Crippen LogP contribution is 2.49. The van der Waals surface area contributed by atoms with Gasteiger partial charge in [0.2, 0.25) is 5.91 Å². The van der Waals surface area contributed by atoms with Gasteiger partial charge in [-0.05, 0) is 30.4 Å². The molecule has 1 aliphatic rings. The molecule has 5 nitrogen and oxygen atoms in total. The van der Waals surface area contributed by atoms with Gasteiger partial charge >= 0.3 is 0 Å². The molecule has 0 bridgehead atoms. The lowest BCUT2D eigenvalue weighted by Crippen LogP contribution is -2.43. The van der Waals surface area contributed by atoms with E-state index in [1.165, 1.54) is 5.56 Å². The minimum absolute atomic E-state index is 0. The Morgan fingerprint density at radius 1 is 1.27 bits per heavy atom. The van der Waals surface area contributed by atoms with Crippen LogP contribution in [0.4, 0.5) is 0 Å². The number of guanidine groups is 1. The van der Waals surface area contributed by atoms with Crippen LogP contribution < -0.4 is 10.6 Å². The maximum atomic E-state index is 11.8. The van der Waals surface area contributed by atoms with Gasteiger partial charge in [0, 0.05) is 37.6 Å². The Balaban J connectivity index is 0.00000338. The van der Waals surface area contributed by atoms with Gasteiger partial charge < -0.3 is 15.5 Å². The molecule has 0 atom stereocenters. The first-order valence-corrected chi connectivity index (χ1v) is 9.19. The van der Waals surface area contributed by atoms with Crippen molar-refractivity contribution >= 4 is 47.4 Å². The number of halogens is 2. The lowest BCUT2D eigenvalue weighted by Gasteiger charge is -2.21. The maximum Gasteiger partial charge on any atom is 0.243 e. The van der Waals surface area contributed by atoms with Gasteiger partial charge in [0.1, 0.15) is 6.54 Å². The van der Waals surface area contributed by atoms with Crippen LogP contribution in [0.25, 0.3) is 0 Å². The zero-order valence-corrected chi connectivity index (χ0v) is 19.1. The summed E-state index contributed by atoms with van der Waals surface area (Å²) >= 11 is 6.38. The van der Waals surface area contributed by atoms with Crippen molar-refractivity contribution in [2.75, 3.05) is 33.7 Å². The van der Waals surface area contributed by atoms with E-state index in [-0.39, 0.29) is 41.8 Å². The Bertz CT molecular complexity index is 630. The van der Waals surface area contributed by atoms with E-state index < -0.39 is 0 Å². The molecule has 0 aromatic heterocycles. The van der Waals surface area contributed by atoms with Crippen molar-refractivity contribution in [3.63, 3.8) is 0 Å². The number of nitrogens with zero attached hydrogens (tertiary/aromatic N) is 2. The standard InChI is InChI=1S/C19H29ClN4O.HI/c1-14(2)11-21-18(22-12-17(25)24(3)4)23-13-19(9-10-19)15-7-5-6-8-16(15)20;/h5-8,14H,9-13H2,1-4H3,(H2,21,22,23);1H. The van der Waals surface area contributed by atoms with Gasteiger partial charge in [-0.3, -0.25) is 4.79 Å². The SMILES string of the molecule is CC(C)CNC(=NCC(=O)N(C)C)NCC1(c2ccccc2Cl)CC1.I. The average molecular weight is 493 g/mol. The van der Waals surface area contributed by atoms with Crippen molar-refractivity contribution in [3.8, 4) is 0 Å². The largest absolute Gasteiger partial charge is 0.356 e. The third-order valence-corrected chi connectivity index (χ3v) is 4.77. The predicted octanol–water partition coefficient (Wildman–Crippen LogP) is 3.27. The summed E-state index contributed by atoms with van der Waals surface area (Å²) in [5.41, 5.74) is 1.27. The van der Waals surface area contributed by atoms with E-state index in [1.807, 2.05) is 18.2 Å². The van der Waals surface area contributed by atoms with Crippen LogP contribution in [0.2, 0.25) is 5.02 Å². The summed E-state index contributed by atoms with van der Waals surface area (Å²) in [4.78, 5) is 17.8. The van der Waals surface area contributed by atoms with E-state index in [0.717, 1.165) is 31.0 Å². The van der Waals surface area contributed by atoms with Gasteiger partial charge in [-0.25, -0.2) is 4.99 Å². The predicted molar refractivity (Wildman–Crippen MR) is 120 cm³/mol. The molecule has 0 unspecified atom stereocenters. The molecular weight excluding hydrogens is 463 g/mol. The van der Waals surface area contributed by atoms with Crippen molar-refractivity contribution in [2.24, 2.45) is 10.9 Å². The molecule has 2 N–H and O–H groups in total. The molecule has 0 aliphatic heterocycles. The summed E-state index contributed by atoms with van der Waals surface area (Å²) in [6.45, 7) is 5.99. The van der Waals surface area contributed by atoms with E-state index in [1.54, 1.807) is 19.0 Å². The van der Waals surface area contributed by atoms with Crippen molar-refractivity contribution < 1.29 is 4.79 Å². The van der Waals surface area contributed by atoms with Crippen LogP contribution in [-0.2, 0) is 10.2 Å². The summed E-state index contributed by atoms with van der Waals surface area (Å²) in [6.07, 6.45) is 2.22. The summed E-state index contributed by atoms with van der Waals surface area (Å²) < 4.78 is 0. The van der Waals surface area contributed by atoms with Gasteiger partial charge in [0.15, 0.2) is 5.96 Å². The molecular formula is C19H30ClIN4O. The summed E-state index contributed by atoms with van der Waals surface area (Å²) in [6, 6.07) is 8.03. The van der Waals surface area contributed by atoms with E-state index >= 15 is 0 Å². The number of hydrogen-bond donors (Lipinski definition) is 2. The highest BCUT2D eigenvalue weighted by Gasteiger charge is 2.45. The number of carbonyl (C=O) groups is 1. The fraction of sp³-hybridized carbons (Fsp3) is 0.579. The highest BCUT2D eigenvalue weighted by atomic mass is 127. The zero-order chi connectivity index (χ0) is 18.4. The molecule has 0 heterocycles. The van der Waals surface area contributed by atoms with E-state index in [4.69, 9.17) is 11.6 Å². The Hall–Kier alpha value is -1.02. The number of likely N-dealkylation sites (N-methyl/N-ethyl adjacent to an activating group) is 1. The Morgan fingerprint density at radius 2 is 1.92 bits per heavy atom. The van der Waals surface area contributed by atoms with Crippen molar-refractivity contribution in [2.45, 2.75) is 32.1 Å². The third kappa shape index (κ3) is 6.61. The third-order valence-electron chi connectivity index (χ3n) is 4.44. The average Bonchev–Trinajstić information content (AvgIpc) is 3.34. The molecule has 2 rings (SSSR count). The fourth-order valence-electron chi connectivity index (χ4n) is 2.60. The van der Waals surface area contributed by atoms with Gasteiger partial charge in [-0.1, -0.05) is 43.6 Å². The molecule has 26 heavy (non-hydrogen) atoms. The lowest BCUT2D eigenvalue weighted by atomic mass is 9.96. The zero-order valence-electron chi connectivity index (χ0n) is 16.0. The fourth-order valence-corrected chi connectivity index (χ4v) is 2.94. The number of rotatable bonds is 7. The van der Waals surface area contributed by atoms with Crippen LogP contribution in [0.1, 0.15) is 32.3 Å². The van der Waals surface area contributed by atoms with Crippen LogP contribution in [0, 0.1) is 5.92 Å². The van der Waals surface area contributed by atoms with Gasteiger partial charge in [0.05, 0.1) is 0 Å². The van der Waals surface area contributed by atoms with E-state index in [9.17, 15) is 4.79 Å². The molecule has 1 aromatic rings. The maximum absolute atomic E-state index is 11.8. The van der Waals surface area contributed by atoms with Crippen LogP contribution in [0.15, 0.2) is 29.3 Å². The minimum atomic E-state index is -0.0158. The second-order valence-corrected chi connectivity index (χ2v) is 7.75. The molecule has 0 saturated heterocycles. The van der Waals surface area contributed by atoms with Gasteiger partial charge in [-0.15, -0.1) is 24.0 Å². The summed E-state index contributed by atoms with van der Waals surface area (Å²) in [7, 11) is 3.48. The molecule has 0 spiro atoms. The molecule has 146 valence electrons. The minimum Gasteiger partial charge on any atom is -0.356 e. The number of hydrogen-bond acceptors (Lipinski definition) is 2. The monoisotopic (exact) mass is 492 g/mol. The van der Waals surface area contributed by atoms with Gasteiger partial charge in [0.25, 0.3) is 0 Å². The van der Waals surface area contributed by atoms with Crippen LogP contribution >= 0.6 is 35.6 Å². The van der Waals surface area contributed by atoms with Crippen LogP contribution in [0.5, 0.6) is 0 Å². The first-order valence-electron chi connectivity index (χ1n) is 8.81.